The number of anilines is 2. The molecule has 0 amide bonds. The summed E-state index contributed by atoms with van der Waals surface area (Å²) in [6, 6.07) is 74.5. The Hall–Kier alpha value is -7.00. The van der Waals surface area contributed by atoms with Crippen molar-refractivity contribution in [1.29, 1.82) is 0 Å². The van der Waals surface area contributed by atoms with Gasteiger partial charge in [0.15, 0.2) is 0 Å². The highest BCUT2D eigenvalue weighted by Gasteiger charge is 2.45. The van der Waals surface area contributed by atoms with Crippen LogP contribution in [-0.4, -0.2) is 0 Å². The van der Waals surface area contributed by atoms with Crippen molar-refractivity contribution in [2.75, 3.05) is 4.90 Å². The largest absolute Gasteiger partial charge is 0.314 e. The lowest BCUT2D eigenvalue weighted by molar-refractivity contribution is 0.768. The van der Waals surface area contributed by atoms with Crippen LogP contribution in [0.4, 0.5) is 11.4 Å². The molecular formula is C57H39NS. The van der Waals surface area contributed by atoms with Crippen LogP contribution in [-0.2, 0) is 5.41 Å². The number of hydrogen-bond acceptors (Lipinski definition) is 2. The van der Waals surface area contributed by atoms with E-state index >= 15 is 0 Å². The Kier molecular flexibility index (Phi) is 7.83. The Bertz CT molecular complexity index is 3270. The summed E-state index contributed by atoms with van der Waals surface area (Å²) in [6.07, 6.45) is 6.62. The molecule has 1 heterocycles. The first-order chi connectivity index (χ1) is 29.3. The Labute approximate surface area is 348 Å². The Morgan fingerprint density at radius 1 is 0.458 bits per heavy atom. The molecule has 0 spiro atoms. The number of thiophene rings is 1. The molecule has 0 unspecified atom stereocenters. The summed E-state index contributed by atoms with van der Waals surface area (Å²) in [5.41, 5.74) is 13.7. The molecule has 2 heteroatoms. The summed E-state index contributed by atoms with van der Waals surface area (Å²) in [7, 11) is 0. The van der Waals surface area contributed by atoms with Crippen LogP contribution in [0.2, 0.25) is 0 Å². The molecule has 0 atom stereocenters. The summed E-state index contributed by atoms with van der Waals surface area (Å²) < 4.78 is 2.68. The van der Waals surface area contributed by atoms with Crippen LogP contribution in [0.5, 0.6) is 0 Å². The second-order valence-corrected chi connectivity index (χ2v) is 16.9. The fourth-order valence-corrected chi connectivity index (χ4v) is 11.5. The van der Waals surface area contributed by atoms with Gasteiger partial charge in [0, 0.05) is 42.3 Å². The van der Waals surface area contributed by atoms with Gasteiger partial charge in [0.05, 0.1) is 11.1 Å². The van der Waals surface area contributed by atoms with E-state index in [0.29, 0.717) is 0 Å². The van der Waals surface area contributed by atoms with Gasteiger partial charge in [0.25, 0.3) is 0 Å². The van der Waals surface area contributed by atoms with Crippen molar-refractivity contribution in [3.8, 4) is 11.1 Å². The van der Waals surface area contributed by atoms with Crippen molar-refractivity contribution in [1.82, 2.24) is 0 Å². The maximum absolute atomic E-state index is 2.56. The van der Waals surface area contributed by atoms with Crippen LogP contribution in [0.25, 0.3) is 58.4 Å². The normalized spacial score (nSPS) is 14.3. The summed E-state index contributed by atoms with van der Waals surface area (Å²) in [5.74, 6) is 0. The Morgan fingerprint density at radius 2 is 1.07 bits per heavy atom. The molecule has 278 valence electrons. The van der Waals surface area contributed by atoms with Crippen LogP contribution in [0.3, 0.4) is 0 Å². The van der Waals surface area contributed by atoms with Gasteiger partial charge in [-0.05, 0) is 98.5 Å². The van der Waals surface area contributed by atoms with E-state index in [1.54, 1.807) is 0 Å². The van der Waals surface area contributed by atoms with E-state index in [0.717, 1.165) is 18.5 Å². The van der Waals surface area contributed by atoms with Gasteiger partial charge in [0.1, 0.15) is 0 Å². The summed E-state index contributed by atoms with van der Waals surface area (Å²) in [5, 5.41) is 7.80. The highest BCUT2D eigenvalue weighted by molar-refractivity contribution is 7.26. The number of benzene rings is 9. The fourth-order valence-electron chi connectivity index (χ4n) is 10.3. The molecule has 59 heavy (non-hydrogen) atoms. The Morgan fingerprint density at radius 3 is 1.80 bits per heavy atom. The zero-order valence-electron chi connectivity index (χ0n) is 32.5. The lowest BCUT2D eigenvalue weighted by Crippen LogP contribution is -2.28. The number of hydrogen-bond donors (Lipinski definition) is 0. The molecule has 1 nitrogen and oxygen atoms in total. The van der Waals surface area contributed by atoms with Gasteiger partial charge in [-0.1, -0.05) is 182 Å². The van der Waals surface area contributed by atoms with E-state index < -0.39 is 5.41 Å². The molecule has 0 fully saturated rings. The quantitative estimate of drug-likeness (QED) is 0.152. The standard InChI is InChI=1S/C57H39NS/c1-3-15-38(16-4-1)39-27-31-43(32-28-39)58(53-37-40-17-7-8-20-45(40)55-50(53)36-35-49-48-23-11-14-26-54(48)59-56(49)55)44-33-29-42(30-34-44)57(41-18-5-2-6-19-41)51-24-12-9-21-46(51)47-22-10-13-25-52(47)57/h1-27,29-31,33-37H,28,32H2. The zero-order chi connectivity index (χ0) is 38.9. The number of nitrogens with zero attached hydrogens (tertiary/aromatic N) is 1. The average Bonchev–Trinajstić information content (AvgIpc) is 3.84. The van der Waals surface area contributed by atoms with Crippen molar-refractivity contribution in [2.45, 2.75) is 18.3 Å². The maximum atomic E-state index is 2.56. The summed E-state index contributed by atoms with van der Waals surface area (Å²) >= 11 is 1.92. The molecule has 0 saturated heterocycles. The van der Waals surface area contributed by atoms with Gasteiger partial charge in [-0.3, -0.25) is 0 Å². The predicted molar refractivity (Wildman–Crippen MR) is 252 cm³/mol. The second-order valence-electron chi connectivity index (χ2n) is 15.9. The van der Waals surface area contributed by atoms with Crippen molar-refractivity contribution < 1.29 is 0 Å². The molecule has 0 radical (unpaired) electrons. The van der Waals surface area contributed by atoms with Crippen molar-refractivity contribution >= 4 is 70.0 Å². The van der Waals surface area contributed by atoms with E-state index in [1.165, 1.54) is 97.6 Å². The summed E-state index contributed by atoms with van der Waals surface area (Å²) in [4.78, 5) is 2.56. The number of fused-ring (bicyclic) bond motifs is 10. The number of rotatable bonds is 6. The van der Waals surface area contributed by atoms with Gasteiger partial charge in [-0.25, -0.2) is 0 Å². The van der Waals surface area contributed by atoms with Crippen molar-refractivity contribution in [2.24, 2.45) is 0 Å². The van der Waals surface area contributed by atoms with E-state index in [2.05, 4.69) is 217 Å². The molecule has 2 aliphatic rings. The van der Waals surface area contributed by atoms with E-state index in [4.69, 9.17) is 0 Å². The maximum Gasteiger partial charge on any atom is 0.0713 e. The first kappa shape index (κ1) is 34.1. The van der Waals surface area contributed by atoms with Crippen LogP contribution in [0.1, 0.15) is 40.7 Å². The second kappa shape index (κ2) is 13.6. The van der Waals surface area contributed by atoms with Crippen molar-refractivity contribution in [3.63, 3.8) is 0 Å². The first-order valence-corrected chi connectivity index (χ1v) is 21.5. The van der Waals surface area contributed by atoms with Gasteiger partial charge < -0.3 is 4.90 Å². The van der Waals surface area contributed by atoms with Crippen LogP contribution in [0.15, 0.2) is 218 Å². The molecule has 0 aliphatic heterocycles. The van der Waals surface area contributed by atoms with Crippen molar-refractivity contribution in [3.05, 3.63) is 246 Å². The summed E-state index contributed by atoms with van der Waals surface area (Å²) in [6.45, 7) is 0. The highest BCUT2D eigenvalue weighted by atomic mass is 32.1. The average molecular weight is 770 g/mol. The lowest BCUT2D eigenvalue weighted by atomic mass is 9.67. The smallest absolute Gasteiger partial charge is 0.0713 e. The van der Waals surface area contributed by atoms with E-state index in [-0.39, 0.29) is 0 Å². The van der Waals surface area contributed by atoms with Gasteiger partial charge in [-0.2, -0.15) is 0 Å². The lowest BCUT2D eigenvalue weighted by Gasteiger charge is -2.35. The molecule has 10 aromatic rings. The third-order valence-corrected chi connectivity index (χ3v) is 14.1. The minimum atomic E-state index is -0.447. The third kappa shape index (κ3) is 5.16. The highest BCUT2D eigenvalue weighted by Crippen LogP contribution is 2.56. The molecule has 12 rings (SSSR count). The van der Waals surface area contributed by atoms with E-state index in [9.17, 15) is 0 Å². The zero-order valence-corrected chi connectivity index (χ0v) is 33.3. The molecule has 0 bridgehead atoms. The number of allylic oxidation sites excluding steroid dienone is 4. The van der Waals surface area contributed by atoms with Gasteiger partial charge in [0.2, 0.25) is 0 Å². The van der Waals surface area contributed by atoms with E-state index in [1.807, 2.05) is 11.3 Å². The minimum Gasteiger partial charge on any atom is -0.314 e. The predicted octanol–water partition coefficient (Wildman–Crippen LogP) is 15.6. The molecule has 0 saturated carbocycles. The molecular weight excluding hydrogens is 731 g/mol. The fraction of sp³-hybridized carbons (Fsp3) is 0.0526. The topological polar surface area (TPSA) is 3.24 Å². The van der Waals surface area contributed by atoms with Crippen LogP contribution >= 0.6 is 11.3 Å². The molecule has 2 aliphatic carbocycles. The monoisotopic (exact) mass is 769 g/mol. The van der Waals surface area contributed by atoms with Gasteiger partial charge in [-0.15, -0.1) is 11.3 Å². The SMILES string of the molecule is C1=C(c2ccccc2)CCC(N(c2ccc(C3(c4ccccc4)c4ccccc4-c4ccccc43)cc2)c2cc3ccccc3c3c2ccc2c4ccccc4sc23)=C1. The van der Waals surface area contributed by atoms with Crippen LogP contribution < -0.4 is 4.90 Å². The molecule has 9 aromatic carbocycles. The molecule has 1 aromatic heterocycles. The third-order valence-electron chi connectivity index (χ3n) is 12.9. The molecule has 0 N–H and O–H groups in total. The van der Waals surface area contributed by atoms with Crippen LogP contribution in [0, 0.1) is 0 Å². The first-order valence-electron chi connectivity index (χ1n) is 20.6. The van der Waals surface area contributed by atoms with Gasteiger partial charge >= 0.3 is 0 Å². The minimum absolute atomic E-state index is 0.447. The Balaban J connectivity index is 1.10.